The van der Waals surface area contributed by atoms with E-state index in [0.717, 1.165) is 22.2 Å². The molecule has 3 heteroatoms. The lowest BCUT2D eigenvalue weighted by molar-refractivity contribution is 0.779. The van der Waals surface area contributed by atoms with Gasteiger partial charge in [0.25, 0.3) is 0 Å². The average molecular weight is 161 g/mol. The Morgan fingerprint density at radius 2 is 2.17 bits per heavy atom. The average Bonchev–Trinajstić information content (AvgIpc) is 2.39. The van der Waals surface area contributed by atoms with E-state index in [0.29, 0.717) is 0 Å². The number of hydrogen-bond donors (Lipinski definition) is 1. The van der Waals surface area contributed by atoms with Gasteiger partial charge in [-0.15, -0.1) is 0 Å². The number of nitrogens with zero attached hydrogens (tertiary/aromatic N) is 2. The Morgan fingerprint density at radius 1 is 1.42 bits per heavy atom. The molecule has 2 rings (SSSR count). The minimum atomic E-state index is 0.829. The first-order valence-corrected chi connectivity index (χ1v) is 3.87. The predicted molar refractivity (Wildman–Crippen MR) is 49.9 cm³/mol. The third-order valence-electron chi connectivity index (χ3n) is 2.12. The molecule has 0 atom stereocenters. The van der Waals surface area contributed by atoms with Crippen LogP contribution >= 0.6 is 0 Å². The third-order valence-corrected chi connectivity index (χ3v) is 2.12. The first kappa shape index (κ1) is 7.16. The van der Waals surface area contributed by atoms with Gasteiger partial charge >= 0.3 is 0 Å². The van der Waals surface area contributed by atoms with Crippen molar-refractivity contribution < 1.29 is 0 Å². The van der Waals surface area contributed by atoms with E-state index in [2.05, 4.69) is 5.10 Å². The summed E-state index contributed by atoms with van der Waals surface area (Å²) in [6.45, 7) is 2.01. The summed E-state index contributed by atoms with van der Waals surface area (Å²) in [7, 11) is 1.91. The van der Waals surface area contributed by atoms with E-state index in [9.17, 15) is 0 Å². The Kier molecular flexibility index (Phi) is 1.33. The Hall–Kier alpha value is -1.51. The monoisotopic (exact) mass is 161 g/mol. The molecule has 0 amide bonds. The maximum Gasteiger partial charge on any atom is 0.0927 e. The van der Waals surface area contributed by atoms with E-state index in [1.807, 2.05) is 32.3 Å². The number of anilines is 1. The molecule has 1 aromatic carbocycles. The van der Waals surface area contributed by atoms with Crippen molar-refractivity contribution in [2.45, 2.75) is 6.92 Å². The molecule has 1 heterocycles. The topological polar surface area (TPSA) is 43.8 Å². The lowest BCUT2D eigenvalue weighted by atomic mass is 10.1. The highest BCUT2D eigenvalue weighted by Crippen LogP contribution is 2.21. The van der Waals surface area contributed by atoms with E-state index in [1.165, 1.54) is 0 Å². The zero-order valence-electron chi connectivity index (χ0n) is 7.20. The number of hydrogen-bond acceptors (Lipinski definition) is 2. The van der Waals surface area contributed by atoms with Crippen LogP contribution in [-0.4, -0.2) is 9.78 Å². The van der Waals surface area contributed by atoms with Crippen LogP contribution in [0.3, 0.4) is 0 Å². The third kappa shape index (κ3) is 0.863. The number of aromatic nitrogens is 2. The van der Waals surface area contributed by atoms with Crippen LogP contribution in [0.5, 0.6) is 0 Å². The molecule has 0 aliphatic heterocycles. The second kappa shape index (κ2) is 2.24. The van der Waals surface area contributed by atoms with Gasteiger partial charge in [-0.3, -0.25) is 4.68 Å². The molecule has 3 nitrogen and oxygen atoms in total. The van der Waals surface area contributed by atoms with E-state index in [1.54, 1.807) is 4.68 Å². The Balaban J connectivity index is 2.89. The molecular weight excluding hydrogens is 150 g/mol. The second-order valence-electron chi connectivity index (χ2n) is 3.02. The molecule has 0 aliphatic rings. The largest absolute Gasteiger partial charge is 0.398 e. The summed E-state index contributed by atoms with van der Waals surface area (Å²) in [6, 6.07) is 3.84. The van der Waals surface area contributed by atoms with E-state index in [-0.39, 0.29) is 0 Å². The fourth-order valence-corrected chi connectivity index (χ4v) is 1.37. The van der Waals surface area contributed by atoms with Gasteiger partial charge in [0.05, 0.1) is 5.52 Å². The molecule has 2 N–H and O–H groups in total. The van der Waals surface area contributed by atoms with Crippen LogP contribution in [0, 0.1) is 6.92 Å². The van der Waals surface area contributed by atoms with Crippen molar-refractivity contribution in [1.82, 2.24) is 9.78 Å². The smallest absolute Gasteiger partial charge is 0.0927 e. The Bertz CT molecular complexity index is 429. The van der Waals surface area contributed by atoms with E-state index >= 15 is 0 Å². The van der Waals surface area contributed by atoms with E-state index < -0.39 is 0 Å². The summed E-state index contributed by atoms with van der Waals surface area (Å²) in [5, 5.41) is 5.41. The number of benzene rings is 1. The van der Waals surface area contributed by atoms with Crippen molar-refractivity contribution >= 4 is 16.6 Å². The van der Waals surface area contributed by atoms with Gasteiger partial charge in [-0.25, -0.2) is 0 Å². The number of fused-ring (bicyclic) bond motifs is 1. The number of nitrogen functional groups attached to an aromatic ring is 1. The quantitative estimate of drug-likeness (QED) is 0.594. The van der Waals surface area contributed by atoms with Gasteiger partial charge < -0.3 is 5.73 Å². The van der Waals surface area contributed by atoms with Gasteiger partial charge in [0.2, 0.25) is 0 Å². The van der Waals surface area contributed by atoms with Gasteiger partial charge in [-0.05, 0) is 24.6 Å². The van der Waals surface area contributed by atoms with Crippen molar-refractivity contribution in [3.05, 3.63) is 23.9 Å². The van der Waals surface area contributed by atoms with Crippen molar-refractivity contribution in [3.8, 4) is 0 Å². The number of nitrogens with two attached hydrogens (primary N) is 1. The normalized spacial score (nSPS) is 10.8. The van der Waals surface area contributed by atoms with Crippen molar-refractivity contribution in [3.63, 3.8) is 0 Å². The number of aryl methyl sites for hydroxylation is 2. The minimum Gasteiger partial charge on any atom is -0.398 e. The van der Waals surface area contributed by atoms with Gasteiger partial charge in [-0.2, -0.15) is 5.10 Å². The van der Waals surface area contributed by atoms with Crippen LogP contribution in [0.25, 0.3) is 10.9 Å². The molecule has 0 aliphatic carbocycles. The van der Waals surface area contributed by atoms with Gasteiger partial charge in [0, 0.05) is 24.3 Å². The molecule has 0 saturated carbocycles. The fourth-order valence-electron chi connectivity index (χ4n) is 1.37. The molecule has 12 heavy (non-hydrogen) atoms. The Labute approximate surface area is 70.8 Å². The first-order valence-electron chi connectivity index (χ1n) is 3.87. The maximum atomic E-state index is 5.76. The molecule has 0 radical (unpaired) electrons. The van der Waals surface area contributed by atoms with Crippen LogP contribution in [0.15, 0.2) is 18.3 Å². The van der Waals surface area contributed by atoms with Gasteiger partial charge in [-0.1, -0.05) is 0 Å². The molecule has 0 saturated heterocycles. The van der Waals surface area contributed by atoms with E-state index in [4.69, 9.17) is 5.73 Å². The van der Waals surface area contributed by atoms with Gasteiger partial charge in [0.1, 0.15) is 0 Å². The lowest BCUT2D eigenvalue weighted by Crippen LogP contribution is -1.88. The SMILES string of the molecule is Cc1c(N)ccc2nn(C)cc12. The van der Waals surface area contributed by atoms with Gasteiger partial charge in [0.15, 0.2) is 0 Å². The van der Waals surface area contributed by atoms with Crippen LogP contribution in [0.1, 0.15) is 5.56 Å². The molecule has 0 unspecified atom stereocenters. The summed E-state index contributed by atoms with van der Waals surface area (Å²) in [4.78, 5) is 0. The molecule has 0 fully saturated rings. The highest BCUT2D eigenvalue weighted by atomic mass is 15.2. The molecule has 1 aromatic heterocycles. The molecule has 0 spiro atoms. The maximum absolute atomic E-state index is 5.76. The van der Waals surface area contributed by atoms with Crippen LogP contribution in [-0.2, 0) is 7.05 Å². The highest BCUT2D eigenvalue weighted by Gasteiger charge is 2.02. The van der Waals surface area contributed by atoms with Crippen molar-refractivity contribution in [2.24, 2.45) is 7.05 Å². The summed E-state index contributed by atoms with van der Waals surface area (Å²) in [5.41, 5.74) is 8.70. The molecule has 2 aromatic rings. The Morgan fingerprint density at radius 3 is 2.92 bits per heavy atom. The van der Waals surface area contributed by atoms with Crippen LogP contribution < -0.4 is 5.73 Å². The second-order valence-corrected chi connectivity index (χ2v) is 3.02. The van der Waals surface area contributed by atoms with Crippen molar-refractivity contribution in [2.75, 3.05) is 5.73 Å². The molecule has 62 valence electrons. The standard InChI is InChI=1S/C9H11N3/c1-6-7-5-12(2)11-9(7)4-3-8(6)10/h3-5H,10H2,1-2H3. The number of rotatable bonds is 0. The summed E-state index contributed by atoms with van der Waals surface area (Å²) in [6.07, 6.45) is 1.99. The van der Waals surface area contributed by atoms with Crippen LogP contribution in [0.2, 0.25) is 0 Å². The van der Waals surface area contributed by atoms with Crippen LogP contribution in [0.4, 0.5) is 5.69 Å². The minimum absolute atomic E-state index is 0.829. The summed E-state index contributed by atoms with van der Waals surface area (Å²) in [5.74, 6) is 0. The zero-order valence-corrected chi connectivity index (χ0v) is 7.20. The lowest BCUT2D eigenvalue weighted by Gasteiger charge is -1.98. The zero-order chi connectivity index (χ0) is 8.72. The van der Waals surface area contributed by atoms with Crippen molar-refractivity contribution in [1.29, 1.82) is 0 Å². The summed E-state index contributed by atoms with van der Waals surface area (Å²) >= 11 is 0. The molecular formula is C9H11N3. The highest BCUT2D eigenvalue weighted by molar-refractivity contribution is 5.86. The molecule has 0 bridgehead atoms. The first-order chi connectivity index (χ1) is 5.68. The predicted octanol–water partition coefficient (Wildman–Crippen LogP) is 1.46. The summed E-state index contributed by atoms with van der Waals surface area (Å²) < 4.78 is 1.80. The fraction of sp³-hybridized carbons (Fsp3) is 0.222.